The Balaban J connectivity index is 0.00000149. The number of amides is 1. The van der Waals surface area contributed by atoms with E-state index in [1.807, 2.05) is 33.0 Å². The van der Waals surface area contributed by atoms with E-state index in [1.54, 1.807) is 7.11 Å². The van der Waals surface area contributed by atoms with Gasteiger partial charge >= 0.3 is 6.09 Å². The molecule has 6 nitrogen and oxygen atoms in total. The molecule has 1 aliphatic carbocycles. The maximum Gasteiger partial charge on any atom is 0.407 e. The third kappa shape index (κ3) is 6.90. The fraction of sp³-hybridized carbons (Fsp3) is 0.577. The van der Waals surface area contributed by atoms with Gasteiger partial charge in [-0.15, -0.1) is 0 Å². The van der Waals surface area contributed by atoms with Gasteiger partial charge in [0.25, 0.3) is 0 Å². The molecule has 33 heavy (non-hydrogen) atoms. The third-order valence-electron chi connectivity index (χ3n) is 6.23. The molecular weight excluding hydrogens is 438 g/mol. The number of nitrogens with one attached hydrogen (secondary N) is 2. The first kappa shape index (κ1) is 25.4. The van der Waals surface area contributed by atoms with Gasteiger partial charge in [-0.1, -0.05) is 37.6 Å². The Hall–Kier alpha value is -2.18. The van der Waals surface area contributed by atoms with Gasteiger partial charge in [0, 0.05) is 25.7 Å². The van der Waals surface area contributed by atoms with Gasteiger partial charge < -0.3 is 20.1 Å². The Morgan fingerprint density at radius 3 is 2.58 bits per heavy atom. The summed E-state index contributed by atoms with van der Waals surface area (Å²) in [5.41, 5.74) is 3.68. The van der Waals surface area contributed by atoms with Crippen molar-refractivity contribution in [2.75, 3.05) is 33.4 Å². The van der Waals surface area contributed by atoms with Gasteiger partial charge in [-0.05, 0) is 73.6 Å². The lowest BCUT2D eigenvalue weighted by atomic mass is 9.97. The molecular formula is C26H38ClN3O3. The number of hydrogen-bond donors (Lipinski definition) is 2. The number of ether oxygens (including phenoxy) is 2. The average Bonchev–Trinajstić information content (AvgIpc) is 3.68. The summed E-state index contributed by atoms with van der Waals surface area (Å²) in [5.74, 6) is 1.32. The van der Waals surface area contributed by atoms with E-state index in [0.29, 0.717) is 12.5 Å². The van der Waals surface area contributed by atoms with Crippen LogP contribution in [0.1, 0.15) is 69.5 Å². The number of hydrogen-bond acceptors (Lipinski definition) is 5. The average molecular weight is 476 g/mol. The van der Waals surface area contributed by atoms with Gasteiger partial charge in [-0.2, -0.15) is 0 Å². The number of piperidine rings is 1. The fourth-order valence-electron chi connectivity index (χ4n) is 4.37. The maximum absolute atomic E-state index is 11.6. The number of carbonyl (C=O) groups excluding carboxylic acids is 1. The Kier molecular flexibility index (Phi) is 9.51. The normalized spacial score (nSPS) is 20.8. The number of dihydropyridines is 1. The zero-order chi connectivity index (χ0) is 23.8. The van der Waals surface area contributed by atoms with E-state index >= 15 is 0 Å². The molecule has 1 aromatic carbocycles. The van der Waals surface area contributed by atoms with Crippen LogP contribution in [-0.2, 0) is 4.74 Å². The Morgan fingerprint density at radius 1 is 1.21 bits per heavy atom. The van der Waals surface area contributed by atoms with Crippen molar-refractivity contribution in [1.29, 1.82) is 0 Å². The van der Waals surface area contributed by atoms with E-state index in [4.69, 9.17) is 21.1 Å². The minimum Gasteiger partial charge on any atom is -0.495 e. The molecule has 0 aromatic heterocycles. The van der Waals surface area contributed by atoms with Crippen molar-refractivity contribution in [2.45, 2.75) is 64.5 Å². The molecule has 1 amide bonds. The molecule has 2 heterocycles. The first-order valence-corrected chi connectivity index (χ1v) is 12.6. The van der Waals surface area contributed by atoms with Gasteiger partial charge in [0.05, 0.1) is 24.8 Å². The molecule has 182 valence electrons. The summed E-state index contributed by atoms with van der Waals surface area (Å²) in [6.07, 6.45) is 10.5. The van der Waals surface area contributed by atoms with Crippen molar-refractivity contribution < 1.29 is 14.3 Å². The van der Waals surface area contributed by atoms with Crippen molar-refractivity contribution in [1.82, 2.24) is 15.5 Å². The Morgan fingerprint density at radius 2 is 1.94 bits per heavy atom. The van der Waals surface area contributed by atoms with E-state index in [1.165, 1.54) is 29.5 Å². The molecule has 1 aromatic rings. The number of methoxy groups -OCH3 is 1. The zero-order valence-electron chi connectivity index (χ0n) is 20.3. The summed E-state index contributed by atoms with van der Waals surface area (Å²) in [6.45, 7) is 9.05. The Labute approximate surface area is 203 Å². The summed E-state index contributed by atoms with van der Waals surface area (Å²) in [6, 6.07) is 4.58. The highest BCUT2D eigenvalue weighted by atomic mass is 35.5. The second-order valence-electron chi connectivity index (χ2n) is 8.54. The van der Waals surface area contributed by atoms with E-state index < -0.39 is 0 Å². The standard InChI is InChI=1S/C24H32ClN3O3.C2H6/c1-3-31-24(29)27-19-7-10-28(11-8-19)15-16-6-9-26-21(12-16)18-13-20(17-4-5-17)23(25)22(14-18)30-2;1-2/h6,9,12-14,17,19,21,26H,3-5,7-8,10-11,15H2,1-2H3,(H,27,29);1-2H3. The van der Waals surface area contributed by atoms with Crippen LogP contribution >= 0.6 is 11.6 Å². The van der Waals surface area contributed by atoms with Crippen molar-refractivity contribution in [2.24, 2.45) is 0 Å². The quantitative estimate of drug-likeness (QED) is 0.541. The number of likely N-dealkylation sites (tertiary alicyclic amines) is 1. The molecule has 2 fully saturated rings. The van der Waals surface area contributed by atoms with Gasteiger partial charge in [0.2, 0.25) is 0 Å². The van der Waals surface area contributed by atoms with Crippen molar-refractivity contribution in [3.05, 3.63) is 52.2 Å². The van der Waals surface area contributed by atoms with Crippen LogP contribution in [0.3, 0.4) is 0 Å². The third-order valence-corrected chi connectivity index (χ3v) is 6.64. The van der Waals surface area contributed by atoms with Crippen LogP contribution in [0.2, 0.25) is 5.02 Å². The number of rotatable bonds is 7. The van der Waals surface area contributed by atoms with E-state index in [2.05, 4.69) is 33.8 Å². The molecule has 1 unspecified atom stereocenters. The van der Waals surface area contributed by atoms with E-state index in [0.717, 1.165) is 43.2 Å². The molecule has 1 saturated heterocycles. The largest absolute Gasteiger partial charge is 0.495 e. The first-order chi connectivity index (χ1) is 16.1. The second-order valence-corrected chi connectivity index (χ2v) is 8.91. The van der Waals surface area contributed by atoms with Gasteiger partial charge in [-0.25, -0.2) is 4.79 Å². The molecule has 2 aliphatic heterocycles. The molecule has 2 N–H and O–H groups in total. The van der Waals surface area contributed by atoms with Gasteiger partial charge in [0.1, 0.15) is 5.75 Å². The lowest BCUT2D eigenvalue weighted by Gasteiger charge is -2.33. The number of nitrogens with zero attached hydrogens (tertiary/aromatic N) is 1. The van der Waals surface area contributed by atoms with Crippen LogP contribution < -0.4 is 15.4 Å². The number of halogens is 1. The minimum atomic E-state index is -0.309. The maximum atomic E-state index is 11.6. The number of carbonyl (C=O) groups is 1. The van der Waals surface area contributed by atoms with Crippen LogP contribution in [0.5, 0.6) is 5.75 Å². The molecule has 3 aliphatic rings. The molecule has 0 radical (unpaired) electrons. The van der Waals surface area contributed by atoms with Crippen molar-refractivity contribution in [3.8, 4) is 5.75 Å². The summed E-state index contributed by atoms with van der Waals surface area (Å²) in [4.78, 5) is 14.1. The van der Waals surface area contributed by atoms with Crippen molar-refractivity contribution >= 4 is 17.7 Å². The SMILES string of the molecule is CC.CCOC(=O)NC1CCN(CC2=CC(c3cc(OC)c(Cl)c(C4CC4)c3)NC=C2)CC1. The predicted octanol–water partition coefficient (Wildman–Crippen LogP) is 5.55. The molecule has 4 rings (SSSR count). The highest BCUT2D eigenvalue weighted by molar-refractivity contribution is 6.33. The monoisotopic (exact) mass is 475 g/mol. The topological polar surface area (TPSA) is 62.8 Å². The van der Waals surface area contributed by atoms with Crippen LogP contribution in [0.25, 0.3) is 0 Å². The molecule has 1 atom stereocenters. The number of alkyl carbamates (subject to hydrolysis) is 1. The number of benzene rings is 1. The highest BCUT2D eigenvalue weighted by Gasteiger charge is 2.29. The van der Waals surface area contributed by atoms with Crippen molar-refractivity contribution in [3.63, 3.8) is 0 Å². The predicted molar refractivity (Wildman–Crippen MR) is 134 cm³/mol. The Bertz CT molecular complexity index is 859. The lowest BCUT2D eigenvalue weighted by Crippen LogP contribution is -2.45. The fourth-order valence-corrected chi connectivity index (χ4v) is 4.71. The van der Waals surface area contributed by atoms with E-state index in [-0.39, 0.29) is 18.2 Å². The molecule has 0 spiro atoms. The summed E-state index contributed by atoms with van der Waals surface area (Å²) < 4.78 is 10.5. The van der Waals surface area contributed by atoms with E-state index in [9.17, 15) is 4.79 Å². The first-order valence-electron chi connectivity index (χ1n) is 12.2. The van der Waals surface area contributed by atoms with Gasteiger partial charge in [-0.3, -0.25) is 4.90 Å². The molecule has 7 heteroatoms. The minimum absolute atomic E-state index is 0.103. The summed E-state index contributed by atoms with van der Waals surface area (Å²) in [7, 11) is 1.68. The molecule has 1 saturated carbocycles. The van der Waals surface area contributed by atoms with Crippen LogP contribution in [0.4, 0.5) is 4.79 Å². The smallest absolute Gasteiger partial charge is 0.407 e. The van der Waals surface area contributed by atoms with Crippen LogP contribution in [0.15, 0.2) is 36.1 Å². The van der Waals surface area contributed by atoms with Crippen LogP contribution in [0, 0.1) is 0 Å². The van der Waals surface area contributed by atoms with Gasteiger partial charge in [0.15, 0.2) is 0 Å². The summed E-state index contributed by atoms with van der Waals surface area (Å²) >= 11 is 6.56. The lowest BCUT2D eigenvalue weighted by molar-refractivity contribution is 0.138. The molecule has 0 bridgehead atoms. The zero-order valence-corrected chi connectivity index (χ0v) is 21.1. The second kappa shape index (κ2) is 12.3. The highest BCUT2D eigenvalue weighted by Crippen LogP contribution is 2.47. The van der Waals surface area contributed by atoms with Crippen LogP contribution in [-0.4, -0.2) is 50.4 Å². The summed E-state index contributed by atoms with van der Waals surface area (Å²) in [5, 5.41) is 7.18.